The number of alkyl halides is 3. The Morgan fingerprint density at radius 1 is 1.17 bits per heavy atom. The third kappa shape index (κ3) is 7.14. The monoisotopic (exact) mass is 755 g/mol. The molecule has 0 unspecified atom stereocenters. The molecule has 3 aromatic heterocycles. The predicted octanol–water partition coefficient (Wildman–Crippen LogP) is 6.49. The van der Waals surface area contributed by atoms with Crippen molar-refractivity contribution in [1.29, 1.82) is 10.5 Å². The third-order valence-electron chi connectivity index (χ3n) is 8.29. The molecule has 0 aliphatic heterocycles. The summed E-state index contributed by atoms with van der Waals surface area (Å²) < 4.78 is 64.9. The number of amides is 1. The van der Waals surface area contributed by atoms with E-state index in [9.17, 15) is 42.8 Å². The number of benzene rings is 2. The van der Waals surface area contributed by atoms with Crippen molar-refractivity contribution in [3.05, 3.63) is 70.6 Å². The van der Waals surface area contributed by atoms with E-state index in [1.807, 2.05) is 20.8 Å². The van der Waals surface area contributed by atoms with E-state index in [-0.39, 0.29) is 51.7 Å². The molecule has 20 heteroatoms. The van der Waals surface area contributed by atoms with E-state index in [2.05, 4.69) is 42.3 Å². The fourth-order valence-electron chi connectivity index (χ4n) is 5.64. The van der Waals surface area contributed by atoms with Crippen LogP contribution in [-0.2, 0) is 19.4 Å². The molecular weight excluding hydrogens is 726 g/mol. The highest BCUT2D eigenvalue weighted by molar-refractivity contribution is 7.46. The third-order valence-corrected chi connectivity index (χ3v) is 9.62. The van der Waals surface area contributed by atoms with E-state index >= 15 is 0 Å². The van der Waals surface area contributed by atoms with Crippen molar-refractivity contribution in [3.8, 4) is 12.1 Å². The van der Waals surface area contributed by atoms with Crippen LogP contribution in [0.1, 0.15) is 62.0 Å². The van der Waals surface area contributed by atoms with Crippen LogP contribution in [0, 0.1) is 28.1 Å². The minimum atomic E-state index is -5.12. The molecule has 3 heterocycles. The zero-order valence-electron chi connectivity index (χ0n) is 27.6. The molecule has 1 saturated carbocycles. The van der Waals surface area contributed by atoms with Crippen LogP contribution in [0.15, 0.2) is 48.2 Å². The molecule has 15 nitrogen and oxygen atoms in total. The lowest BCUT2D eigenvalue weighted by molar-refractivity contribution is -0.183. The maximum absolute atomic E-state index is 14.2. The number of rotatable bonds is 10. The Labute approximate surface area is 297 Å². The van der Waals surface area contributed by atoms with Gasteiger partial charge in [-0.15, -0.1) is 16.4 Å². The SMILES string of the molecule is CC(C)(C)CNc1c(C#N)cnc2c(C#N)cc(N(C(=O)OCOP(=O)(O)O)[C@H](c3cn(C4(C(F)(F)F)CC4)nn3)c3cccc4ncsc34)cc12. The normalized spacial score (nSPS) is 14.8. The van der Waals surface area contributed by atoms with Crippen LogP contribution in [0.25, 0.3) is 21.1 Å². The number of halogens is 3. The Morgan fingerprint density at radius 3 is 2.54 bits per heavy atom. The second kappa shape index (κ2) is 13.4. The largest absolute Gasteiger partial charge is 0.472 e. The summed E-state index contributed by atoms with van der Waals surface area (Å²) in [6.07, 6.45) is -4.05. The smallest absolute Gasteiger partial charge is 0.421 e. The van der Waals surface area contributed by atoms with Gasteiger partial charge in [0, 0.05) is 23.7 Å². The molecule has 0 bridgehead atoms. The highest BCUT2D eigenvalue weighted by atomic mass is 32.1. The molecule has 270 valence electrons. The molecule has 1 fully saturated rings. The van der Waals surface area contributed by atoms with Crippen molar-refractivity contribution in [2.75, 3.05) is 23.6 Å². The number of nitrogens with zero attached hydrogens (tertiary/aromatic N) is 8. The van der Waals surface area contributed by atoms with Gasteiger partial charge in [0.1, 0.15) is 23.9 Å². The lowest BCUT2D eigenvalue weighted by Crippen LogP contribution is -2.37. The Balaban J connectivity index is 1.62. The first-order valence-corrected chi connectivity index (χ1v) is 17.9. The molecule has 2 aromatic carbocycles. The molecular formula is C32H29F3N9O6PS. The number of anilines is 2. The standard InChI is InChI=1S/C32H29F3N9O6PS/c1-30(2,3)15-39-26-19(12-37)13-38-25-18(11-36)9-20(10-22(25)26)44(29(45)49-17-50-51(46,47)48)27(21-5-4-6-23-28(21)52-16-40-23)24-14-43(42-41-24)31(7-8-31)32(33,34)35/h4-6,9-10,13-14,16,27H,7-8,15,17H2,1-3H3,(H,38,39)(H2,46,47,48)/t27-/m0/s1. The first-order chi connectivity index (χ1) is 24.5. The summed E-state index contributed by atoms with van der Waals surface area (Å²) in [5, 5.41) is 31.8. The summed E-state index contributed by atoms with van der Waals surface area (Å²) in [5.41, 5.74) is 0.109. The van der Waals surface area contributed by atoms with Crippen molar-refractivity contribution >= 4 is 57.7 Å². The lowest BCUT2D eigenvalue weighted by Gasteiger charge is -2.31. The van der Waals surface area contributed by atoms with Crippen molar-refractivity contribution in [2.24, 2.45) is 5.41 Å². The molecule has 1 amide bonds. The average Bonchev–Trinajstić information content (AvgIpc) is 3.51. The molecule has 3 N–H and O–H groups in total. The van der Waals surface area contributed by atoms with E-state index in [0.29, 0.717) is 32.7 Å². The van der Waals surface area contributed by atoms with Gasteiger partial charge in [0.15, 0.2) is 5.54 Å². The van der Waals surface area contributed by atoms with Crippen LogP contribution in [0.5, 0.6) is 0 Å². The minimum Gasteiger partial charge on any atom is -0.421 e. The number of pyridine rings is 1. The van der Waals surface area contributed by atoms with Gasteiger partial charge in [-0.05, 0) is 36.5 Å². The van der Waals surface area contributed by atoms with Gasteiger partial charge in [0.05, 0.1) is 49.9 Å². The quantitative estimate of drug-likeness (QED) is 0.103. The lowest BCUT2D eigenvalue weighted by atomic mass is 9.96. The van der Waals surface area contributed by atoms with Gasteiger partial charge in [-0.1, -0.05) is 38.1 Å². The van der Waals surface area contributed by atoms with Crippen molar-refractivity contribution in [1.82, 2.24) is 25.0 Å². The van der Waals surface area contributed by atoms with Gasteiger partial charge in [-0.3, -0.25) is 9.88 Å². The summed E-state index contributed by atoms with van der Waals surface area (Å²) in [4.78, 5) is 42.4. The second-order valence-electron chi connectivity index (χ2n) is 13.2. The van der Waals surface area contributed by atoms with Crippen LogP contribution < -0.4 is 10.2 Å². The summed E-state index contributed by atoms with van der Waals surface area (Å²) in [6.45, 7) is 5.03. The van der Waals surface area contributed by atoms with Gasteiger partial charge in [0.25, 0.3) is 0 Å². The first-order valence-electron chi connectivity index (χ1n) is 15.4. The highest BCUT2D eigenvalue weighted by Crippen LogP contribution is 2.55. The fraction of sp³-hybridized carbons (Fsp3) is 0.344. The summed E-state index contributed by atoms with van der Waals surface area (Å²) in [5.74, 6) is 0. The number of carbonyl (C=O) groups excluding carboxylic acids is 1. The Hall–Kier alpha value is -5.17. The topological polar surface area (TPSA) is 212 Å². The summed E-state index contributed by atoms with van der Waals surface area (Å²) in [7, 11) is -5.12. The molecule has 5 aromatic rings. The molecule has 1 atom stereocenters. The summed E-state index contributed by atoms with van der Waals surface area (Å²) in [6, 6.07) is 10.4. The van der Waals surface area contributed by atoms with Gasteiger partial charge >= 0.3 is 20.1 Å². The van der Waals surface area contributed by atoms with Gasteiger partial charge < -0.3 is 19.8 Å². The number of phosphoric acid groups is 1. The number of hydrogen-bond donors (Lipinski definition) is 3. The van der Waals surface area contributed by atoms with Crippen molar-refractivity contribution < 1.29 is 41.6 Å². The average molecular weight is 756 g/mol. The van der Waals surface area contributed by atoms with Crippen LogP contribution in [-0.4, -0.2) is 60.4 Å². The number of hydrogen-bond acceptors (Lipinski definition) is 12. The molecule has 0 saturated heterocycles. The van der Waals surface area contributed by atoms with Gasteiger partial charge in [-0.2, -0.15) is 23.7 Å². The van der Waals surface area contributed by atoms with E-state index in [4.69, 9.17) is 4.74 Å². The molecule has 1 aliphatic carbocycles. The first kappa shape index (κ1) is 36.6. The van der Waals surface area contributed by atoms with E-state index in [1.54, 1.807) is 18.2 Å². The summed E-state index contributed by atoms with van der Waals surface area (Å²) >= 11 is 1.18. The van der Waals surface area contributed by atoms with Gasteiger partial charge in [0.2, 0.25) is 6.79 Å². The van der Waals surface area contributed by atoms with E-state index < -0.39 is 38.5 Å². The van der Waals surface area contributed by atoms with E-state index in [0.717, 1.165) is 11.1 Å². The number of thiazole rings is 1. The highest BCUT2D eigenvalue weighted by Gasteiger charge is 2.66. The number of aromatic nitrogens is 5. The number of fused-ring (bicyclic) bond motifs is 2. The van der Waals surface area contributed by atoms with Gasteiger partial charge in [-0.25, -0.2) is 23.5 Å². The number of nitriles is 2. The molecule has 1 aliphatic rings. The molecule has 6 rings (SSSR count). The van der Waals surface area contributed by atoms with Crippen LogP contribution in [0.2, 0.25) is 0 Å². The number of carbonyl (C=O) groups is 1. The molecule has 0 radical (unpaired) electrons. The van der Waals surface area contributed by atoms with Crippen molar-refractivity contribution in [3.63, 3.8) is 0 Å². The second-order valence-corrected chi connectivity index (χ2v) is 15.3. The fourth-order valence-corrected chi connectivity index (χ4v) is 6.66. The number of nitrogens with one attached hydrogen (secondary N) is 1. The Morgan fingerprint density at radius 2 is 1.90 bits per heavy atom. The van der Waals surface area contributed by atoms with E-state index in [1.165, 1.54) is 35.2 Å². The minimum absolute atomic E-state index is 0.0486. The van der Waals surface area contributed by atoms with Crippen molar-refractivity contribution in [2.45, 2.75) is 51.4 Å². The predicted molar refractivity (Wildman–Crippen MR) is 181 cm³/mol. The molecule has 0 spiro atoms. The maximum atomic E-state index is 14.2. The van der Waals surface area contributed by atoms with Crippen LogP contribution >= 0.6 is 19.2 Å². The zero-order chi connectivity index (χ0) is 37.6. The van der Waals surface area contributed by atoms with Crippen LogP contribution in [0.3, 0.4) is 0 Å². The number of ether oxygens (including phenoxy) is 1. The van der Waals surface area contributed by atoms with Crippen LogP contribution in [0.4, 0.5) is 29.3 Å². The Kier molecular flexibility index (Phi) is 9.45. The zero-order valence-corrected chi connectivity index (χ0v) is 29.3. The maximum Gasteiger partial charge on any atom is 0.472 e. The molecule has 52 heavy (non-hydrogen) atoms. The number of phosphoric ester groups is 1. The Bertz CT molecular complexity index is 2320.